The van der Waals surface area contributed by atoms with Gasteiger partial charge in [0.2, 0.25) is 0 Å². The van der Waals surface area contributed by atoms with Gasteiger partial charge in [-0.1, -0.05) is 41.0 Å². The van der Waals surface area contributed by atoms with Crippen molar-refractivity contribution in [2.75, 3.05) is 26.2 Å². The van der Waals surface area contributed by atoms with Crippen molar-refractivity contribution in [1.82, 2.24) is 10.2 Å². The lowest BCUT2D eigenvalue weighted by atomic mass is 10.0. The lowest BCUT2D eigenvalue weighted by molar-refractivity contribution is 0.225. The van der Waals surface area contributed by atoms with Crippen molar-refractivity contribution in [2.45, 2.75) is 53.5 Å². The summed E-state index contributed by atoms with van der Waals surface area (Å²) in [5.41, 5.74) is 0. The van der Waals surface area contributed by atoms with Gasteiger partial charge in [0.25, 0.3) is 0 Å². The van der Waals surface area contributed by atoms with Crippen LogP contribution in [0.15, 0.2) is 0 Å². The SMILES string of the molecule is CCCCN(CC)CC(NCC)C(C)C. The second-order valence-corrected chi connectivity index (χ2v) is 4.65. The van der Waals surface area contributed by atoms with Crippen LogP contribution in [-0.2, 0) is 0 Å². The maximum absolute atomic E-state index is 3.58. The Morgan fingerprint density at radius 1 is 1.13 bits per heavy atom. The average Bonchev–Trinajstić information content (AvgIpc) is 2.22. The van der Waals surface area contributed by atoms with E-state index in [4.69, 9.17) is 0 Å². The molecule has 0 spiro atoms. The number of hydrogen-bond donors (Lipinski definition) is 1. The summed E-state index contributed by atoms with van der Waals surface area (Å²) in [4.78, 5) is 2.57. The quantitative estimate of drug-likeness (QED) is 0.635. The highest BCUT2D eigenvalue weighted by Gasteiger charge is 2.14. The van der Waals surface area contributed by atoms with Gasteiger partial charge in [-0.15, -0.1) is 0 Å². The highest BCUT2D eigenvalue weighted by Crippen LogP contribution is 2.05. The Kier molecular flexibility index (Phi) is 9.12. The zero-order valence-corrected chi connectivity index (χ0v) is 11.3. The van der Waals surface area contributed by atoms with Crippen molar-refractivity contribution in [3.8, 4) is 0 Å². The molecule has 0 aromatic carbocycles. The molecule has 0 heterocycles. The average molecular weight is 214 g/mol. The smallest absolute Gasteiger partial charge is 0.0217 e. The van der Waals surface area contributed by atoms with Crippen LogP contribution in [0.2, 0.25) is 0 Å². The molecular weight excluding hydrogens is 184 g/mol. The summed E-state index contributed by atoms with van der Waals surface area (Å²) in [5.74, 6) is 0.723. The highest BCUT2D eigenvalue weighted by atomic mass is 15.1. The van der Waals surface area contributed by atoms with E-state index in [1.807, 2.05) is 0 Å². The fourth-order valence-corrected chi connectivity index (χ4v) is 1.81. The summed E-state index contributed by atoms with van der Waals surface area (Å²) in [7, 11) is 0. The van der Waals surface area contributed by atoms with Crippen LogP contribution in [-0.4, -0.2) is 37.1 Å². The van der Waals surface area contributed by atoms with Gasteiger partial charge in [0, 0.05) is 12.6 Å². The molecule has 0 aromatic rings. The van der Waals surface area contributed by atoms with Crippen LogP contribution in [0.1, 0.15) is 47.5 Å². The number of rotatable bonds is 9. The predicted octanol–water partition coefficient (Wildman–Crippen LogP) is 2.74. The van der Waals surface area contributed by atoms with Gasteiger partial charge in [-0.25, -0.2) is 0 Å². The molecule has 2 nitrogen and oxygen atoms in total. The monoisotopic (exact) mass is 214 g/mol. The van der Waals surface area contributed by atoms with Gasteiger partial charge in [-0.3, -0.25) is 0 Å². The van der Waals surface area contributed by atoms with Crippen LogP contribution in [0.4, 0.5) is 0 Å². The molecule has 1 atom stereocenters. The first kappa shape index (κ1) is 14.9. The summed E-state index contributed by atoms with van der Waals surface area (Å²) in [5, 5.41) is 3.58. The van der Waals surface area contributed by atoms with Crippen molar-refractivity contribution in [3.05, 3.63) is 0 Å². The molecule has 0 fully saturated rings. The highest BCUT2D eigenvalue weighted by molar-refractivity contribution is 4.74. The summed E-state index contributed by atoms with van der Waals surface area (Å²) >= 11 is 0. The van der Waals surface area contributed by atoms with Crippen molar-refractivity contribution in [2.24, 2.45) is 5.92 Å². The minimum absolute atomic E-state index is 0.645. The lowest BCUT2D eigenvalue weighted by Crippen LogP contribution is -2.44. The molecule has 0 amide bonds. The molecule has 0 aliphatic carbocycles. The van der Waals surface area contributed by atoms with Crippen molar-refractivity contribution < 1.29 is 0 Å². The first-order valence-electron chi connectivity index (χ1n) is 6.61. The molecule has 15 heavy (non-hydrogen) atoms. The summed E-state index contributed by atoms with van der Waals surface area (Å²) in [6.45, 7) is 16.0. The Hall–Kier alpha value is -0.0800. The minimum Gasteiger partial charge on any atom is -0.313 e. The van der Waals surface area contributed by atoms with Crippen LogP contribution in [0.3, 0.4) is 0 Å². The number of unbranched alkanes of at least 4 members (excludes halogenated alkanes) is 1. The van der Waals surface area contributed by atoms with Crippen molar-refractivity contribution in [3.63, 3.8) is 0 Å². The zero-order chi connectivity index (χ0) is 11.7. The topological polar surface area (TPSA) is 15.3 Å². The van der Waals surface area contributed by atoms with E-state index in [9.17, 15) is 0 Å². The molecular formula is C13H30N2. The van der Waals surface area contributed by atoms with Crippen LogP contribution in [0, 0.1) is 5.92 Å². The van der Waals surface area contributed by atoms with Gasteiger partial charge in [0.15, 0.2) is 0 Å². The van der Waals surface area contributed by atoms with Gasteiger partial charge in [-0.2, -0.15) is 0 Å². The molecule has 0 radical (unpaired) electrons. The van der Waals surface area contributed by atoms with Crippen LogP contribution >= 0.6 is 0 Å². The molecule has 1 unspecified atom stereocenters. The molecule has 2 heteroatoms. The Morgan fingerprint density at radius 2 is 1.80 bits per heavy atom. The molecule has 0 aliphatic heterocycles. The van der Waals surface area contributed by atoms with E-state index in [-0.39, 0.29) is 0 Å². The van der Waals surface area contributed by atoms with Gasteiger partial charge < -0.3 is 10.2 Å². The van der Waals surface area contributed by atoms with E-state index >= 15 is 0 Å². The molecule has 1 N–H and O–H groups in total. The molecule has 0 aromatic heterocycles. The molecule has 0 bridgehead atoms. The van der Waals surface area contributed by atoms with Crippen LogP contribution in [0.25, 0.3) is 0 Å². The maximum atomic E-state index is 3.58. The molecule has 0 saturated heterocycles. The lowest BCUT2D eigenvalue weighted by Gasteiger charge is -2.29. The number of likely N-dealkylation sites (N-methyl/N-ethyl adjacent to an activating group) is 2. The third-order valence-corrected chi connectivity index (χ3v) is 3.00. The van der Waals surface area contributed by atoms with Gasteiger partial charge in [-0.05, 0) is 32.0 Å². The molecule has 0 saturated carbocycles. The summed E-state index contributed by atoms with van der Waals surface area (Å²) in [6, 6.07) is 0.645. The largest absolute Gasteiger partial charge is 0.313 e. The van der Waals surface area contributed by atoms with E-state index in [1.165, 1.54) is 32.5 Å². The van der Waals surface area contributed by atoms with E-state index < -0.39 is 0 Å². The van der Waals surface area contributed by atoms with Gasteiger partial charge in [0.1, 0.15) is 0 Å². The zero-order valence-electron chi connectivity index (χ0n) is 11.3. The maximum Gasteiger partial charge on any atom is 0.0217 e. The Labute approximate surface area is 96.4 Å². The molecule has 92 valence electrons. The van der Waals surface area contributed by atoms with Gasteiger partial charge >= 0.3 is 0 Å². The normalized spacial score (nSPS) is 13.8. The summed E-state index contributed by atoms with van der Waals surface area (Å²) < 4.78 is 0. The fourth-order valence-electron chi connectivity index (χ4n) is 1.81. The Morgan fingerprint density at radius 3 is 2.20 bits per heavy atom. The van der Waals surface area contributed by atoms with E-state index in [1.54, 1.807) is 0 Å². The first-order valence-corrected chi connectivity index (χ1v) is 6.61. The van der Waals surface area contributed by atoms with Crippen molar-refractivity contribution >= 4 is 0 Å². The Bertz CT molecular complexity index is 134. The molecule has 0 rings (SSSR count). The number of hydrogen-bond acceptors (Lipinski definition) is 2. The standard InChI is InChI=1S/C13H30N2/c1-6-9-10-15(8-3)11-13(12(4)5)14-7-2/h12-14H,6-11H2,1-5H3. The van der Waals surface area contributed by atoms with Crippen LogP contribution < -0.4 is 5.32 Å². The van der Waals surface area contributed by atoms with E-state index in [0.29, 0.717) is 6.04 Å². The number of nitrogens with one attached hydrogen (secondary N) is 1. The van der Waals surface area contributed by atoms with E-state index in [2.05, 4.69) is 44.8 Å². The Balaban J connectivity index is 3.97. The summed E-state index contributed by atoms with van der Waals surface area (Å²) in [6.07, 6.45) is 2.62. The first-order chi connectivity index (χ1) is 7.15. The van der Waals surface area contributed by atoms with Gasteiger partial charge in [0.05, 0.1) is 0 Å². The second kappa shape index (κ2) is 9.17. The van der Waals surface area contributed by atoms with Crippen LogP contribution in [0.5, 0.6) is 0 Å². The van der Waals surface area contributed by atoms with E-state index in [0.717, 1.165) is 12.5 Å². The second-order valence-electron chi connectivity index (χ2n) is 4.65. The molecule has 0 aliphatic rings. The number of nitrogens with zero attached hydrogens (tertiary/aromatic N) is 1. The third-order valence-electron chi connectivity index (χ3n) is 3.00. The minimum atomic E-state index is 0.645. The third kappa shape index (κ3) is 6.91. The van der Waals surface area contributed by atoms with Crippen molar-refractivity contribution in [1.29, 1.82) is 0 Å². The fraction of sp³-hybridized carbons (Fsp3) is 1.00. The predicted molar refractivity (Wildman–Crippen MR) is 69.3 cm³/mol.